The molecular weight excluding hydrogens is 332 g/mol. The second-order valence-corrected chi connectivity index (χ2v) is 7.51. The van der Waals surface area contributed by atoms with Gasteiger partial charge in [0, 0.05) is 50.1 Å². The SMILES string of the molecule is Cc1nc(=O)[nH]c(C)c1CCC(=O)NC1CCN(C[C@@H]2CCCO2)CC1. The van der Waals surface area contributed by atoms with E-state index < -0.39 is 0 Å². The molecule has 1 aromatic rings. The Morgan fingerprint density at radius 1 is 1.31 bits per heavy atom. The highest BCUT2D eigenvalue weighted by Crippen LogP contribution is 2.17. The molecule has 1 atom stereocenters. The maximum absolute atomic E-state index is 12.3. The second-order valence-electron chi connectivity index (χ2n) is 7.51. The minimum atomic E-state index is -0.331. The number of hydrogen-bond acceptors (Lipinski definition) is 5. The number of aromatic amines is 1. The van der Waals surface area contributed by atoms with Crippen molar-refractivity contribution in [3.63, 3.8) is 0 Å². The van der Waals surface area contributed by atoms with Crippen molar-refractivity contribution in [1.82, 2.24) is 20.2 Å². The van der Waals surface area contributed by atoms with E-state index in [9.17, 15) is 9.59 Å². The molecule has 0 spiro atoms. The van der Waals surface area contributed by atoms with E-state index in [2.05, 4.69) is 20.2 Å². The summed E-state index contributed by atoms with van der Waals surface area (Å²) in [7, 11) is 0. The van der Waals surface area contributed by atoms with E-state index in [4.69, 9.17) is 4.74 Å². The lowest BCUT2D eigenvalue weighted by molar-refractivity contribution is -0.122. The van der Waals surface area contributed by atoms with E-state index in [0.717, 1.165) is 50.3 Å². The Kier molecular flexibility index (Phi) is 6.43. The standard InChI is InChI=1S/C19H30N4O3/c1-13-17(14(2)21-19(25)20-13)5-6-18(24)22-15-7-9-23(10-8-15)12-16-4-3-11-26-16/h15-16H,3-12H2,1-2H3,(H,22,24)(H,20,21,25)/t16-/m0/s1. The molecule has 7 heteroatoms. The van der Waals surface area contributed by atoms with E-state index in [1.165, 1.54) is 12.8 Å². The zero-order chi connectivity index (χ0) is 18.5. The van der Waals surface area contributed by atoms with Crippen LogP contribution < -0.4 is 11.0 Å². The summed E-state index contributed by atoms with van der Waals surface area (Å²) in [5, 5.41) is 3.16. The third-order valence-electron chi connectivity index (χ3n) is 5.49. The molecule has 0 bridgehead atoms. The van der Waals surface area contributed by atoms with Crippen LogP contribution in [0.1, 0.15) is 49.1 Å². The van der Waals surface area contributed by atoms with Crippen LogP contribution in [-0.2, 0) is 16.0 Å². The number of amides is 1. The number of nitrogens with one attached hydrogen (secondary N) is 2. The van der Waals surface area contributed by atoms with Crippen molar-refractivity contribution in [1.29, 1.82) is 0 Å². The number of carbonyl (C=O) groups excluding carboxylic acids is 1. The molecule has 0 radical (unpaired) electrons. The highest BCUT2D eigenvalue weighted by molar-refractivity contribution is 5.76. The molecule has 3 rings (SSSR count). The van der Waals surface area contributed by atoms with Gasteiger partial charge in [0.15, 0.2) is 0 Å². The summed E-state index contributed by atoms with van der Waals surface area (Å²) in [4.78, 5) is 32.7. The highest BCUT2D eigenvalue weighted by atomic mass is 16.5. The van der Waals surface area contributed by atoms with Crippen LogP contribution in [0.3, 0.4) is 0 Å². The molecule has 144 valence electrons. The molecule has 0 aliphatic carbocycles. The molecule has 2 aliphatic heterocycles. The molecule has 0 saturated carbocycles. The van der Waals surface area contributed by atoms with Crippen LogP contribution in [0.15, 0.2) is 4.79 Å². The predicted octanol–water partition coefficient (Wildman–Crippen LogP) is 1.08. The van der Waals surface area contributed by atoms with Crippen molar-refractivity contribution in [3.05, 3.63) is 27.4 Å². The molecule has 1 amide bonds. The fourth-order valence-corrected chi connectivity index (χ4v) is 4.00. The summed E-state index contributed by atoms with van der Waals surface area (Å²) in [6, 6.07) is 0.263. The lowest BCUT2D eigenvalue weighted by Gasteiger charge is -2.33. The Labute approximate surface area is 154 Å². The van der Waals surface area contributed by atoms with E-state index >= 15 is 0 Å². The second kappa shape index (κ2) is 8.77. The van der Waals surface area contributed by atoms with Crippen LogP contribution in [0.4, 0.5) is 0 Å². The third kappa shape index (κ3) is 5.14. The zero-order valence-electron chi connectivity index (χ0n) is 15.8. The first-order chi connectivity index (χ1) is 12.5. The van der Waals surface area contributed by atoms with Gasteiger partial charge in [-0.1, -0.05) is 0 Å². The average Bonchev–Trinajstić information content (AvgIpc) is 3.08. The Bertz CT molecular complexity index is 648. The number of aromatic nitrogens is 2. The molecule has 7 nitrogen and oxygen atoms in total. The molecule has 3 heterocycles. The van der Waals surface area contributed by atoms with Gasteiger partial charge in [-0.25, -0.2) is 4.79 Å². The number of nitrogens with zero attached hydrogens (tertiary/aromatic N) is 2. The van der Waals surface area contributed by atoms with Crippen LogP contribution >= 0.6 is 0 Å². The maximum Gasteiger partial charge on any atom is 0.345 e. The molecular formula is C19H30N4O3. The molecule has 0 unspecified atom stereocenters. The van der Waals surface area contributed by atoms with Gasteiger partial charge in [0.25, 0.3) is 0 Å². The molecule has 26 heavy (non-hydrogen) atoms. The van der Waals surface area contributed by atoms with E-state index in [1.54, 1.807) is 0 Å². The molecule has 1 aromatic heterocycles. The minimum absolute atomic E-state index is 0.0765. The Morgan fingerprint density at radius 3 is 2.73 bits per heavy atom. The summed E-state index contributed by atoms with van der Waals surface area (Å²) in [6.45, 7) is 7.64. The first kappa shape index (κ1) is 19.0. The topological polar surface area (TPSA) is 87.3 Å². The maximum atomic E-state index is 12.3. The van der Waals surface area contributed by atoms with Crippen LogP contribution in [0.5, 0.6) is 0 Å². The number of carbonyl (C=O) groups is 1. The van der Waals surface area contributed by atoms with Gasteiger partial charge in [0.1, 0.15) is 0 Å². The number of rotatable bonds is 6. The van der Waals surface area contributed by atoms with Crippen molar-refractivity contribution in [2.75, 3.05) is 26.2 Å². The molecule has 2 N–H and O–H groups in total. The normalized spacial score (nSPS) is 21.8. The Hall–Kier alpha value is -1.73. The number of likely N-dealkylation sites (tertiary alicyclic amines) is 1. The van der Waals surface area contributed by atoms with Crippen LogP contribution in [-0.4, -0.2) is 59.2 Å². The predicted molar refractivity (Wildman–Crippen MR) is 99.2 cm³/mol. The monoisotopic (exact) mass is 362 g/mol. The Balaban J connectivity index is 1.40. The Morgan fingerprint density at radius 2 is 2.08 bits per heavy atom. The van der Waals surface area contributed by atoms with Crippen LogP contribution in [0.2, 0.25) is 0 Å². The summed E-state index contributed by atoms with van der Waals surface area (Å²) in [5.41, 5.74) is 2.15. The molecule has 0 aromatic carbocycles. The van der Waals surface area contributed by atoms with Crippen molar-refractivity contribution in [2.24, 2.45) is 0 Å². The van der Waals surface area contributed by atoms with Crippen LogP contribution in [0.25, 0.3) is 0 Å². The van der Waals surface area contributed by atoms with Gasteiger partial charge in [-0.2, -0.15) is 4.98 Å². The minimum Gasteiger partial charge on any atom is -0.377 e. The number of aryl methyl sites for hydroxylation is 2. The first-order valence-corrected chi connectivity index (χ1v) is 9.71. The van der Waals surface area contributed by atoms with E-state index in [1.807, 2.05) is 13.8 Å². The number of H-pyrrole nitrogens is 1. The fourth-order valence-electron chi connectivity index (χ4n) is 4.00. The van der Waals surface area contributed by atoms with Crippen molar-refractivity contribution >= 4 is 5.91 Å². The average molecular weight is 362 g/mol. The van der Waals surface area contributed by atoms with Crippen molar-refractivity contribution in [2.45, 2.75) is 64.5 Å². The van der Waals surface area contributed by atoms with E-state index in [0.29, 0.717) is 24.6 Å². The number of hydrogen-bond donors (Lipinski definition) is 2. The zero-order valence-corrected chi connectivity index (χ0v) is 15.8. The molecule has 2 saturated heterocycles. The fraction of sp³-hybridized carbons (Fsp3) is 0.737. The van der Waals surface area contributed by atoms with Crippen molar-refractivity contribution in [3.8, 4) is 0 Å². The smallest absolute Gasteiger partial charge is 0.345 e. The number of ether oxygens (including phenoxy) is 1. The first-order valence-electron chi connectivity index (χ1n) is 9.71. The van der Waals surface area contributed by atoms with Gasteiger partial charge in [-0.15, -0.1) is 0 Å². The lowest BCUT2D eigenvalue weighted by atomic mass is 10.0. The van der Waals surface area contributed by atoms with Gasteiger partial charge in [-0.3, -0.25) is 4.79 Å². The van der Waals surface area contributed by atoms with Gasteiger partial charge < -0.3 is 19.9 Å². The van der Waals surface area contributed by atoms with Gasteiger partial charge in [0.05, 0.1) is 6.10 Å². The van der Waals surface area contributed by atoms with Crippen molar-refractivity contribution < 1.29 is 9.53 Å². The number of piperidine rings is 1. The summed E-state index contributed by atoms with van der Waals surface area (Å²) >= 11 is 0. The van der Waals surface area contributed by atoms with E-state index in [-0.39, 0.29) is 17.6 Å². The highest BCUT2D eigenvalue weighted by Gasteiger charge is 2.24. The molecule has 2 aliphatic rings. The third-order valence-corrected chi connectivity index (χ3v) is 5.49. The largest absolute Gasteiger partial charge is 0.377 e. The van der Waals surface area contributed by atoms with Gasteiger partial charge in [-0.05, 0) is 51.5 Å². The van der Waals surface area contributed by atoms with Gasteiger partial charge in [0.2, 0.25) is 5.91 Å². The quantitative estimate of drug-likeness (QED) is 0.791. The summed E-state index contributed by atoms with van der Waals surface area (Å²) in [6.07, 6.45) is 5.78. The lowest BCUT2D eigenvalue weighted by Crippen LogP contribution is -2.46. The summed E-state index contributed by atoms with van der Waals surface area (Å²) < 4.78 is 5.71. The van der Waals surface area contributed by atoms with Crippen LogP contribution in [0, 0.1) is 13.8 Å². The molecule has 2 fully saturated rings. The van der Waals surface area contributed by atoms with Gasteiger partial charge >= 0.3 is 5.69 Å². The summed E-state index contributed by atoms with van der Waals surface area (Å²) in [5.74, 6) is 0.0765.